The van der Waals surface area contributed by atoms with Crippen molar-refractivity contribution in [1.29, 1.82) is 0 Å². The van der Waals surface area contributed by atoms with Crippen molar-refractivity contribution in [3.8, 4) is 11.5 Å². The summed E-state index contributed by atoms with van der Waals surface area (Å²) >= 11 is 8.39. The van der Waals surface area contributed by atoms with E-state index in [-0.39, 0.29) is 11.7 Å². The zero-order chi connectivity index (χ0) is 23.5. The SMILES string of the molecule is O=C(COc1ccc(Br)cc1)NNC(=S)NC(=O)c1cccc(OCCc2ccccc2)c1. The van der Waals surface area contributed by atoms with Crippen molar-refractivity contribution in [2.75, 3.05) is 13.2 Å². The minimum absolute atomic E-state index is 0.0487. The molecular weight excluding hydrogens is 506 g/mol. The van der Waals surface area contributed by atoms with E-state index >= 15 is 0 Å². The summed E-state index contributed by atoms with van der Waals surface area (Å²) in [5.41, 5.74) is 6.40. The van der Waals surface area contributed by atoms with E-state index in [9.17, 15) is 9.59 Å². The second kappa shape index (κ2) is 12.6. The van der Waals surface area contributed by atoms with E-state index in [0.29, 0.717) is 23.7 Å². The molecule has 0 saturated carbocycles. The topological polar surface area (TPSA) is 88.7 Å². The van der Waals surface area contributed by atoms with Gasteiger partial charge in [-0.2, -0.15) is 0 Å². The highest BCUT2D eigenvalue weighted by molar-refractivity contribution is 9.10. The van der Waals surface area contributed by atoms with E-state index in [1.807, 2.05) is 30.3 Å². The Bertz CT molecular complexity index is 1090. The molecule has 3 N–H and O–H groups in total. The maximum absolute atomic E-state index is 12.5. The van der Waals surface area contributed by atoms with Gasteiger partial charge in [0, 0.05) is 16.5 Å². The Morgan fingerprint density at radius 1 is 0.848 bits per heavy atom. The molecule has 0 bridgehead atoms. The van der Waals surface area contributed by atoms with Crippen LogP contribution in [0.4, 0.5) is 0 Å². The molecule has 0 aliphatic carbocycles. The predicted molar refractivity (Wildman–Crippen MR) is 133 cm³/mol. The monoisotopic (exact) mass is 527 g/mol. The first-order valence-electron chi connectivity index (χ1n) is 10.0. The van der Waals surface area contributed by atoms with Gasteiger partial charge in [-0.1, -0.05) is 52.3 Å². The number of amides is 2. The van der Waals surface area contributed by atoms with Crippen molar-refractivity contribution in [3.63, 3.8) is 0 Å². The Morgan fingerprint density at radius 3 is 2.36 bits per heavy atom. The number of rotatable bonds is 8. The molecule has 0 radical (unpaired) electrons. The number of nitrogens with one attached hydrogen (secondary N) is 3. The van der Waals surface area contributed by atoms with Crippen LogP contribution >= 0.6 is 28.1 Å². The van der Waals surface area contributed by atoms with Crippen LogP contribution in [0.25, 0.3) is 0 Å². The van der Waals surface area contributed by atoms with Crippen LogP contribution in [0.3, 0.4) is 0 Å². The van der Waals surface area contributed by atoms with Gasteiger partial charge in [0.1, 0.15) is 11.5 Å². The fourth-order valence-corrected chi connectivity index (χ4v) is 3.12. The number of benzene rings is 3. The minimum atomic E-state index is -0.455. The molecule has 0 saturated heterocycles. The van der Waals surface area contributed by atoms with Gasteiger partial charge in [0.25, 0.3) is 11.8 Å². The average Bonchev–Trinajstić information content (AvgIpc) is 2.83. The van der Waals surface area contributed by atoms with Crippen LogP contribution < -0.4 is 25.6 Å². The van der Waals surface area contributed by atoms with E-state index in [0.717, 1.165) is 10.9 Å². The molecule has 0 fully saturated rings. The summed E-state index contributed by atoms with van der Waals surface area (Å²) in [6.45, 7) is 0.275. The van der Waals surface area contributed by atoms with Crippen molar-refractivity contribution in [3.05, 3.63) is 94.5 Å². The molecule has 9 heteroatoms. The molecular formula is C24H22BrN3O4S. The first-order chi connectivity index (χ1) is 16.0. The molecule has 0 aliphatic heterocycles. The summed E-state index contributed by atoms with van der Waals surface area (Å²) in [6, 6.07) is 23.9. The van der Waals surface area contributed by atoms with Gasteiger partial charge in [0.15, 0.2) is 11.7 Å². The number of halogens is 1. The van der Waals surface area contributed by atoms with E-state index in [1.54, 1.807) is 48.5 Å². The maximum Gasteiger partial charge on any atom is 0.276 e. The van der Waals surface area contributed by atoms with Crippen LogP contribution in [0.5, 0.6) is 11.5 Å². The van der Waals surface area contributed by atoms with E-state index in [1.165, 1.54) is 5.56 Å². The van der Waals surface area contributed by atoms with Crippen molar-refractivity contribution >= 4 is 45.1 Å². The van der Waals surface area contributed by atoms with E-state index in [2.05, 4.69) is 32.1 Å². The van der Waals surface area contributed by atoms with Gasteiger partial charge in [0.2, 0.25) is 0 Å². The highest BCUT2D eigenvalue weighted by Crippen LogP contribution is 2.16. The fraction of sp³-hybridized carbons (Fsp3) is 0.125. The summed E-state index contributed by atoms with van der Waals surface area (Å²) < 4.78 is 12.0. The zero-order valence-electron chi connectivity index (χ0n) is 17.5. The van der Waals surface area contributed by atoms with Crippen LogP contribution in [0.15, 0.2) is 83.3 Å². The number of hydrazine groups is 1. The van der Waals surface area contributed by atoms with Crippen molar-refractivity contribution in [2.45, 2.75) is 6.42 Å². The second-order valence-corrected chi connectivity index (χ2v) is 8.13. The van der Waals surface area contributed by atoms with Crippen molar-refractivity contribution < 1.29 is 19.1 Å². The summed E-state index contributed by atoms with van der Waals surface area (Å²) in [5.74, 6) is 0.246. The Kier molecular flexibility index (Phi) is 9.22. The molecule has 0 aliphatic rings. The van der Waals surface area contributed by atoms with Crippen LogP contribution in [-0.2, 0) is 11.2 Å². The molecule has 170 valence electrons. The summed E-state index contributed by atoms with van der Waals surface area (Å²) in [7, 11) is 0. The lowest BCUT2D eigenvalue weighted by Gasteiger charge is -2.12. The molecule has 3 aromatic rings. The second-order valence-electron chi connectivity index (χ2n) is 6.81. The molecule has 0 unspecified atom stereocenters. The lowest BCUT2D eigenvalue weighted by molar-refractivity contribution is -0.123. The van der Waals surface area contributed by atoms with Crippen molar-refractivity contribution in [1.82, 2.24) is 16.2 Å². The fourth-order valence-electron chi connectivity index (χ4n) is 2.71. The number of carbonyl (C=O) groups excluding carboxylic acids is 2. The molecule has 3 aromatic carbocycles. The standard InChI is InChI=1S/C24H22BrN3O4S/c25-19-9-11-20(12-10-19)32-16-22(29)27-28-24(33)26-23(30)18-7-4-8-21(15-18)31-14-13-17-5-2-1-3-6-17/h1-12,15H,13-14,16H2,(H,27,29)(H2,26,28,30,33). The molecule has 0 heterocycles. The van der Waals surface area contributed by atoms with Crippen LogP contribution in [0.1, 0.15) is 15.9 Å². The quantitative estimate of drug-likeness (QED) is 0.305. The van der Waals surface area contributed by atoms with Crippen molar-refractivity contribution in [2.24, 2.45) is 0 Å². The molecule has 0 spiro atoms. The van der Waals surface area contributed by atoms with E-state index in [4.69, 9.17) is 21.7 Å². The first kappa shape index (κ1) is 24.2. The average molecular weight is 528 g/mol. The Balaban J connectivity index is 1.39. The van der Waals surface area contributed by atoms with Gasteiger partial charge >= 0.3 is 0 Å². The van der Waals surface area contributed by atoms with Gasteiger partial charge in [-0.25, -0.2) is 0 Å². The molecule has 33 heavy (non-hydrogen) atoms. The van der Waals surface area contributed by atoms with Gasteiger partial charge in [-0.05, 0) is 60.2 Å². The number of carbonyl (C=O) groups is 2. The lowest BCUT2D eigenvalue weighted by Crippen LogP contribution is -2.49. The Hall–Kier alpha value is -3.43. The van der Waals surface area contributed by atoms with Gasteiger partial charge in [-0.3, -0.25) is 25.8 Å². The smallest absolute Gasteiger partial charge is 0.276 e. The minimum Gasteiger partial charge on any atom is -0.493 e. The third-order valence-electron chi connectivity index (χ3n) is 4.32. The molecule has 3 rings (SSSR count). The predicted octanol–water partition coefficient (Wildman–Crippen LogP) is 3.79. The highest BCUT2D eigenvalue weighted by atomic mass is 79.9. The third kappa shape index (κ3) is 8.55. The van der Waals surface area contributed by atoms with E-state index < -0.39 is 11.8 Å². The van der Waals surface area contributed by atoms with Gasteiger partial charge in [0.05, 0.1) is 6.61 Å². The molecule has 0 atom stereocenters. The normalized spacial score (nSPS) is 10.1. The summed E-state index contributed by atoms with van der Waals surface area (Å²) in [5, 5.41) is 2.46. The van der Waals surface area contributed by atoms with Crippen LogP contribution in [-0.4, -0.2) is 30.1 Å². The van der Waals surface area contributed by atoms with Crippen LogP contribution in [0, 0.1) is 0 Å². The van der Waals surface area contributed by atoms with Gasteiger partial charge < -0.3 is 9.47 Å². The maximum atomic E-state index is 12.5. The molecule has 0 aromatic heterocycles. The number of hydrogen-bond donors (Lipinski definition) is 3. The van der Waals surface area contributed by atoms with Crippen LogP contribution in [0.2, 0.25) is 0 Å². The third-order valence-corrected chi connectivity index (χ3v) is 5.06. The number of ether oxygens (including phenoxy) is 2. The largest absolute Gasteiger partial charge is 0.493 e. The molecule has 7 nitrogen and oxygen atoms in total. The lowest BCUT2D eigenvalue weighted by atomic mass is 10.2. The van der Waals surface area contributed by atoms with Gasteiger partial charge in [-0.15, -0.1) is 0 Å². The number of thiocarbonyl (C=S) groups is 1. The summed E-state index contributed by atoms with van der Waals surface area (Å²) in [6.07, 6.45) is 0.760. The first-order valence-corrected chi connectivity index (χ1v) is 11.2. The Labute approximate surface area is 205 Å². The zero-order valence-corrected chi connectivity index (χ0v) is 19.9. The number of hydrogen-bond acceptors (Lipinski definition) is 5. The Morgan fingerprint density at radius 2 is 1.61 bits per heavy atom. The summed E-state index contributed by atoms with van der Waals surface area (Å²) in [4.78, 5) is 24.3. The molecule has 2 amide bonds. The highest BCUT2D eigenvalue weighted by Gasteiger charge is 2.10.